The van der Waals surface area contributed by atoms with Crippen LogP contribution in [-0.2, 0) is 21.7 Å². The molecule has 4 heteroatoms. The highest BCUT2D eigenvalue weighted by atomic mass is 16.3. The number of hydrogen-bond donors (Lipinski definition) is 0. The van der Waals surface area contributed by atoms with Gasteiger partial charge in [-0.3, -0.25) is 0 Å². The number of benzene rings is 6. The van der Waals surface area contributed by atoms with Crippen molar-refractivity contribution in [1.82, 2.24) is 0 Å². The lowest BCUT2D eigenvalue weighted by atomic mass is 9.33. The predicted molar refractivity (Wildman–Crippen MR) is 276 cm³/mol. The van der Waals surface area contributed by atoms with E-state index in [1.165, 1.54) is 131 Å². The molecule has 2 aliphatic carbocycles. The van der Waals surface area contributed by atoms with Crippen LogP contribution in [0.4, 0.5) is 34.1 Å². The normalized spacial score (nSPS) is 18.6. The van der Waals surface area contributed by atoms with E-state index in [1.54, 1.807) is 0 Å². The molecule has 0 bridgehead atoms. The van der Waals surface area contributed by atoms with Crippen molar-refractivity contribution in [3.05, 3.63) is 136 Å². The van der Waals surface area contributed by atoms with Gasteiger partial charge in [-0.15, -0.1) is 0 Å². The number of aryl methyl sites for hydroxylation is 2. The molecule has 6 aromatic carbocycles. The zero-order chi connectivity index (χ0) is 45.2. The van der Waals surface area contributed by atoms with Crippen molar-refractivity contribution in [2.75, 3.05) is 9.80 Å². The molecular weight excluding hydrogens is 775 g/mol. The Balaban J connectivity index is 1.26. The zero-order valence-corrected chi connectivity index (χ0v) is 41.0. The van der Waals surface area contributed by atoms with Crippen molar-refractivity contribution < 1.29 is 4.42 Å². The zero-order valence-electron chi connectivity index (χ0n) is 41.0. The van der Waals surface area contributed by atoms with Crippen molar-refractivity contribution >= 4 is 79.2 Å². The maximum atomic E-state index is 7.12. The van der Waals surface area contributed by atoms with Gasteiger partial charge in [0.05, 0.1) is 0 Å². The number of nitrogens with zero attached hydrogens (tertiary/aromatic N) is 2. The van der Waals surface area contributed by atoms with Crippen LogP contribution in [0.15, 0.2) is 95.4 Å². The molecule has 0 saturated carbocycles. The van der Waals surface area contributed by atoms with Crippen LogP contribution in [0.2, 0.25) is 0 Å². The Labute approximate surface area is 383 Å². The van der Waals surface area contributed by atoms with E-state index in [4.69, 9.17) is 4.42 Å². The van der Waals surface area contributed by atoms with Gasteiger partial charge in [0.2, 0.25) is 0 Å². The molecule has 0 unspecified atom stereocenters. The summed E-state index contributed by atoms with van der Waals surface area (Å²) in [6.45, 7) is 33.4. The summed E-state index contributed by atoms with van der Waals surface area (Å²) in [5, 5.41) is 2.45. The van der Waals surface area contributed by atoms with E-state index in [2.05, 4.69) is 198 Å². The molecular formula is C60H67BN2O. The van der Waals surface area contributed by atoms with Gasteiger partial charge in [0.1, 0.15) is 11.2 Å². The molecule has 0 spiro atoms. The molecule has 7 aromatic rings. The van der Waals surface area contributed by atoms with Crippen LogP contribution < -0.4 is 26.2 Å². The minimum absolute atomic E-state index is 0.0207. The Kier molecular flexibility index (Phi) is 8.86. The second-order valence-electron chi connectivity index (χ2n) is 23.7. The van der Waals surface area contributed by atoms with Crippen molar-refractivity contribution in [3.63, 3.8) is 0 Å². The van der Waals surface area contributed by atoms with Crippen LogP contribution in [0, 0.1) is 13.8 Å². The summed E-state index contributed by atoms with van der Waals surface area (Å²) in [5.74, 6) is 0.860. The first-order chi connectivity index (χ1) is 30.1. The predicted octanol–water partition coefficient (Wildman–Crippen LogP) is 15.2. The molecule has 1 aromatic heterocycles. The third kappa shape index (κ3) is 5.99. The number of furan rings is 1. The summed E-state index contributed by atoms with van der Waals surface area (Å²) in [5.41, 5.74) is 25.1. The van der Waals surface area contributed by atoms with Crippen LogP contribution in [0.1, 0.15) is 165 Å². The summed E-state index contributed by atoms with van der Waals surface area (Å²) in [4.78, 5) is 5.22. The molecule has 11 rings (SSSR count). The van der Waals surface area contributed by atoms with E-state index < -0.39 is 0 Å². The molecule has 0 N–H and O–H groups in total. The van der Waals surface area contributed by atoms with Crippen molar-refractivity contribution in [1.29, 1.82) is 0 Å². The maximum absolute atomic E-state index is 7.12. The van der Waals surface area contributed by atoms with E-state index in [0.717, 1.165) is 11.2 Å². The van der Waals surface area contributed by atoms with Gasteiger partial charge in [-0.2, -0.15) is 0 Å². The Morgan fingerprint density at radius 3 is 1.58 bits per heavy atom. The Morgan fingerprint density at radius 2 is 0.969 bits per heavy atom. The Hall–Kier alpha value is -5.22. The quantitative estimate of drug-likeness (QED) is 0.165. The van der Waals surface area contributed by atoms with Gasteiger partial charge in [0, 0.05) is 51.0 Å². The molecule has 0 atom stereocenters. The van der Waals surface area contributed by atoms with Gasteiger partial charge in [0.25, 0.3) is 6.71 Å². The number of fused-ring (bicyclic) bond motifs is 9. The first kappa shape index (κ1) is 41.5. The van der Waals surface area contributed by atoms with E-state index in [0.29, 0.717) is 11.8 Å². The third-order valence-electron chi connectivity index (χ3n) is 16.7. The van der Waals surface area contributed by atoms with Crippen molar-refractivity contribution in [2.45, 2.75) is 156 Å². The molecule has 3 heterocycles. The summed E-state index contributed by atoms with van der Waals surface area (Å²) < 4.78 is 7.12. The fourth-order valence-electron chi connectivity index (χ4n) is 12.3. The number of hydrogen-bond acceptors (Lipinski definition) is 3. The summed E-state index contributed by atoms with van der Waals surface area (Å²) in [6, 6.07) is 36.6. The van der Waals surface area contributed by atoms with E-state index in [1.807, 2.05) is 0 Å². The SMILES string of the molecule is Cc1cc2c3c(c1)N(c1cc4c(cc1C)C(C)(C)CCC4(C)C)c1cc4oc5cc6c(cc5c4cc1B3c1cc(C(C)C)ccc1N2c1ccc(C(C)C)cc1)C(C)(C)CCC6(C)C. The first-order valence-corrected chi connectivity index (χ1v) is 24.3. The summed E-state index contributed by atoms with van der Waals surface area (Å²) in [7, 11) is 0. The smallest absolute Gasteiger partial charge is 0.252 e. The monoisotopic (exact) mass is 843 g/mol. The molecule has 64 heavy (non-hydrogen) atoms. The fraction of sp³-hybridized carbons (Fsp3) is 0.400. The minimum atomic E-state index is 0.0207. The van der Waals surface area contributed by atoms with Gasteiger partial charge < -0.3 is 14.2 Å². The number of rotatable bonds is 4. The highest BCUT2D eigenvalue weighted by Gasteiger charge is 2.46. The van der Waals surface area contributed by atoms with E-state index in [-0.39, 0.29) is 28.4 Å². The topological polar surface area (TPSA) is 19.6 Å². The minimum Gasteiger partial charge on any atom is -0.456 e. The fourth-order valence-corrected chi connectivity index (χ4v) is 12.3. The molecule has 0 amide bonds. The second-order valence-corrected chi connectivity index (χ2v) is 23.7. The number of anilines is 6. The lowest BCUT2D eigenvalue weighted by molar-refractivity contribution is 0.332. The molecule has 3 nitrogen and oxygen atoms in total. The summed E-state index contributed by atoms with van der Waals surface area (Å²) >= 11 is 0. The van der Waals surface area contributed by atoms with Crippen molar-refractivity contribution in [2.24, 2.45) is 0 Å². The molecule has 326 valence electrons. The summed E-state index contributed by atoms with van der Waals surface area (Å²) in [6.07, 6.45) is 4.72. The Bertz CT molecular complexity index is 3100. The Morgan fingerprint density at radius 1 is 0.469 bits per heavy atom. The van der Waals surface area contributed by atoms with Gasteiger partial charge in [-0.25, -0.2) is 0 Å². The standard InChI is InChI=1S/C60H67BN2O/c1-34(2)38-15-18-40(19-16-38)62-49-20-17-39(35(3)4)28-47(49)61-48-30-42-41-29-44-46(60(13,14)24-22-58(44,9)10)32-54(41)64-55(42)33-51(48)63(53-26-36(5)25-52(62)56(53)61)50-31-45-43(27-37(50)6)57(7,8)21-23-59(45,11)12/h15-20,25-35H,21-24H2,1-14H3. The maximum Gasteiger partial charge on any atom is 0.252 e. The molecule has 4 aliphatic rings. The average Bonchev–Trinajstić information content (AvgIpc) is 3.59. The lowest BCUT2D eigenvalue weighted by Gasteiger charge is -2.46. The average molecular weight is 843 g/mol. The van der Waals surface area contributed by atoms with E-state index >= 15 is 0 Å². The molecule has 0 saturated heterocycles. The van der Waals surface area contributed by atoms with Crippen LogP contribution in [0.5, 0.6) is 0 Å². The van der Waals surface area contributed by atoms with Crippen LogP contribution in [0.25, 0.3) is 21.9 Å². The van der Waals surface area contributed by atoms with Crippen LogP contribution in [0.3, 0.4) is 0 Å². The van der Waals surface area contributed by atoms with Gasteiger partial charge in [0.15, 0.2) is 0 Å². The molecule has 2 aliphatic heterocycles. The first-order valence-electron chi connectivity index (χ1n) is 24.3. The highest BCUT2D eigenvalue weighted by Crippen LogP contribution is 2.53. The van der Waals surface area contributed by atoms with Crippen LogP contribution >= 0.6 is 0 Å². The van der Waals surface area contributed by atoms with Crippen molar-refractivity contribution in [3.8, 4) is 0 Å². The second kappa shape index (κ2) is 13.7. The highest BCUT2D eigenvalue weighted by molar-refractivity contribution is 7.00. The van der Waals surface area contributed by atoms with Gasteiger partial charge >= 0.3 is 0 Å². The van der Waals surface area contributed by atoms with E-state index in [9.17, 15) is 0 Å². The molecule has 0 fully saturated rings. The molecule has 0 radical (unpaired) electrons. The third-order valence-corrected chi connectivity index (χ3v) is 16.7. The van der Waals surface area contributed by atoms with Crippen LogP contribution in [-0.4, -0.2) is 6.71 Å². The van der Waals surface area contributed by atoms with Gasteiger partial charge in [-0.05, 0) is 182 Å². The van der Waals surface area contributed by atoms with Gasteiger partial charge in [-0.1, -0.05) is 119 Å². The largest absolute Gasteiger partial charge is 0.456 e. The lowest BCUT2D eigenvalue weighted by Crippen LogP contribution is -2.61.